The number of amides is 2. The highest BCUT2D eigenvalue weighted by atomic mass is 16.5. The van der Waals surface area contributed by atoms with E-state index in [1.54, 1.807) is 0 Å². The first-order valence-electron chi connectivity index (χ1n) is 10.6. The molecular weight excluding hydrogens is 408 g/mol. The number of hydrogen-bond acceptors (Lipinski definition) is 5. The first kappa shape index (κ1) is 23.2. The predicted molar refractivity (Wildman–Crippen MR) is 121 cm³/mol. The summed E-state index contributed by atoms with van der Waals surface area (Å²) in [7, 11) is 0. The molecule has 0 bridgehead atoms. The van der Waals surface area contributed by atoms with Gasteiger partial charge in [0.25, 0.3) is 0 Å². The Hall–Kier alpha value is -3.45. The van der Waals surface area contributed by atoms with E-state index in [9.17, 15) is 19.5 Å². The quantitative estimate of drug-likeness (QED) is 0.478. The molecule has 0 fully saturated rings. The monoisotopic (exact) mass is 436 g/mol. The highest BCUT2D eigenvalue weighted by Crippen LogP contribution is 2.33. The first-order chi connectivity index (χ1) is 15.3. The summed E-state index contributed by atoms with van der Waals surface area (Å²) < 4.78 is 5.14. The molecule has 0 aromatic heterocycles. The second-order valence-corrected chi connectivity index (χ2v) is 8.13. The van der Waals surface area contributed by atoms with Gasteiger partial charge in [-0.25, -0.2) is 4.79 Å². The zero-order chi connectivity index (χ0) is 23.3. The number of benzene rings is 2. The average Bonchev–Trinajstić information content (AvgIpc) is 3.47. The molecule has 32 heavy (non-hydrogen) atoms. The fraction of sp³-hybridized carbons (Fsp3) is 0.320. The molecule has 0 saturated carbocycles. The molecule has 0 aliphatic rings. The number of carbonyl (C=O) groups excluding carboxylic acids is 2. The van der Waals surface area contributed by atoms with Gasteiger partial charge in [0.1, 0.15) is 18.8 Å². The second-order valence-electron chi connectivity index (χ2n) is 8.13. The number of hydrogen-bond donors (Lipinski definition) is 3. The number of alkyl carbamates (subject to hydrolysis) is 1. The van der Waals surface area contributed by atoms with Crippen LogP contribution in [0.3, 0.4) is 0 Å². The second kappa shape index (κ2) is 10.2. The van der Waals surface area contributed by atoms with E-state index >= 15 is 0 Å². The van der Waals surface area contributed by atoms with E-state index in [1.165, 1.54) is 6.92 Å². The Morgan fingerprint density at radius 3 is 2.12 bits per heavy atom. The number of nitrogens with one attached hydrogen (secondary N) is 2. The summed E-state index contributed by atoms with van der Waals surface area (Å²) in [5.41, 5.74) is 2.20. The van der Waals surface area contributed by atoms with Gasteiger partial charge in [-0.1, -0.05) is 74.5 Å². The van der Waals surface area contributed by atoms with Gasteiger partial charge < -0.3 is 20.5 Å². The Morgan fingerprint density at radius 1 is 0.938 bits per heavy atom. The molecule has 3 N–H and O–H groups in total. The molecule has 3 aromatic carbocycles. The fourth-order valence-corrected chi connectivity index (χ4v) is 3.44. The van der Waals surface area contributed by atoms with Crippen LogP contribution in [0.15, 0.2) is 65.5 Å². The maximum absolute atomic E-state index is 12.7. The Bertz CT molecular complexity index is 1050. The topological polar surface area (TPSA) is 105 Å². The van der Waals surface area contributed by atoms with Crippen LogP contribution in [-0.4, -0.2) is 29.2 Å². The van der Waals surface area contributed by atoms with E-state index < -0.39 is 30.2 Å². The van der Waals surface area contributed by atoms with Crippen molar-refractivity contribution in [3.8, 4) is 11.1 Å². The molecule has 0 unspecified atom stereocenters. The van der Waals surface area contributed by atoms with Crippen LogP contribution >= 0.6 is 0 Å². The zero-order valence-electron chi connectivity index (χ0n) is 18.4. The van der Waals surface area contributed by atoms with E-state index in [0.29, 0.717) is 11.1 Å². The van der Waals surface area contributed by atoms with Crippen molar-refractivity contribution in [3.63, 3.8) is 0 Å². The van der Waals surface area contributed by atoms with Crippen molar-refractivity contribution in [3.05, 3.63) is 82.0 Å². The van der Waals surface area contributed by atoms with Crippen LogP contribution in [0.4, 0.5) is 4.79 Å². The van der Waals surface area contributed by atoms with E-state index in [0.717, 1.165) is 11.1 Å². The highest BCUT2D eigenvalue weighted by molar-refractivity contribution is 5.85. The largest absolute Gasteiger partial charge is 0.445 e. The Kier molecular flexibility index (Phi) is 7.43. The van der Waals surface area contributed by atoms with Crippen LogP contribution in [0, 0.1) is 5.92 Å². The van der Waals surface area contributed by atoms with Crippen LogP contribution in [0.25, 0.3) is 11.1 Å². The minimum absolute atomic E-state index is 0.0902. The molecule has 0 aliphatic heterocycles. The maximum Gasteiger partial charge on any atom is 0.408 e. The van der Waals surface area contributed by atoms with Crippen molar-refractivity contribution in [2.75, 3.05) is 0 Å². The molecule has 0 spiro atoms. The lowest BCUT2D eigenvalue weighted by Gasteiger charge is -2.27. The number of aliphatic hydroxyl groups is 1. The third-order valence-corrected chi connectivity index (χ3v) is 5.34. The maximum atomic E-state index is 12.7. The molecule has 7 heteroatoms. The molecule has 0 heterocycles. The van der Waals surface area contributed by atoms with E-state index in [4.69, 9.17) is 4.74 Å². The van der Waals surface area contributed by atoms with Gasteiger partial charge in [0, 0.05) is 11.1 Å². The molecule has 3 aromatic rings. The predicted octanol–water partition coefficient (Wildman–Crippen LogP) is 3.08. The van der Waals surface area contributed by atoms with Gasteiger partial charge in [0.05, 0.1) is 6.04 Å². The summed E-state index contributed by atoms with van der Waals surface area (Å²) in [6.07, 6.45) is -1.86. The number of rotatable bonds is 9. The van der Waals surface area contributed by atoms with Crippen molar-refractivity contribution in [1.29, 1.82) is 0 Å². The summed E-state index contributed by atoms with van der Waals surface area (Å²) >= 11 is 0. The van der Waals surface area contributed by atoms with Crippen molar-refractivity contribution >= 4 is 12.0 Å². The Morgan fingerprint density at radius 2 is 1.53 bits per heavy atom. The third-order valence-electron chi connectivity index (χ3n) is 5.34. The summed E-state index contributed by atoms with van der Waals surface area (Å²) in [6, 6.07) is 16.7. The summed E-state index contributed by atoms with van der Waals surface area (Å²) in [5.74, 6) is -0.626. The van der Waals surface area contributed by atoms with Gasteiger partial charge in [-0.05, 0) is 24.0 Å². The van der Waals surface area contributed by atoms with E-state index in [-0.39, 0.29) is 18.0 Å². The number of aliphatic hydroxyl groups excluding tert-OH is 1. The van der Waals surface area contributed by atoms with Crippen molar-refractivity contribution in [2.45, 2.75) is 45.6 Å². The Balaban J connectivity index is 1.57. The molecule has 3 atom stereocenters. The molecule has 0 aliphatic carbocycles. The van der Waals surface area contributed by atoms with Crippen LogP contribution < -0.4 is 16.1 Å². The molecule has 0 saturated heterocycles. The van der Waals surface area contributed by atoms with Crippen LogP contribution in [0.1, 0.15) is 38.0 Å². The van der Waals surface area contributed by atoms with Gasteiger partial charge in [0.15, 0.2) is 5.43 Å². The van der Waals surface area contributed by atoms with Gasteiger partial charge in [0.2, 0.25) is 5.91 Å². The normalized spacial score (nSPS) is 14.0. The molecule has 168 valence electrons. The Labute approximate surface area is 187 Å². The van der Waals surface area contributed by atoms with Crippen LogP contribution in [-0.2, 0) is 16.1 Å². The zero-order valence-corrected chi connectivity index (χ0v) is 18.4. The SMILES string of the molecule is CC(C)[C@H](NC(=O)[C@H](C)NC(=O)OCc1ccccc1)[C@@H](O)c1c(-c2ccccc2)c1=O. The van der Waals surface area contributed by atoms with Crippen LogP contribution in [0.2, 0.25) is 0 Å². The lowest BCUT2D eigenvalue weighted by atomic mass is 9.95. The molecule has 7 nitrogen and oxygen atoms in total. The lowest BCUT2D eigenvalue weighted by molar-refractivity contribution is -0.124. The molecule has 0 radical (unpaired) electrons. The molecule has 3 rings (SSSR count). The number of carbonyl (C=O) groups is 2. The van der Waals surface area contributed by atoms with E-state index in [2.05, 4.69) is 10.6 Å². The standard InChI is InChI=1S/C25H28N2O5/c1-15(2)21(23(29)20-19(22(20)28)18-12-8-5-9-13-18)27-24(30)16(3)26-25(31)32-14-17-10-6-4-7-11-17/h4-13,15-16,21,23,29H,14H2,1-3H3,(H,26,31)(H,27,30)/t16-,21-,23-/m0/s1. The van der Waals surface area contributed by atoms with Crippen molar-refractivity contribution < 1.29 is 19.4 Å². The lowest BCUT2D eigenvalue weighted by Crippen LogP contribution is -2.51. The highest BCUT2D eigenvalue weighted by Gasteiger charge is 2.37. The molecular formula is C25H28N2O5. The van der Waals surface area contributed by atoms with Gasteiger partial charge in [-0.15, -0.1) is 0 Å². The van der Waals surface area contributed by atoms with Gasteiger partial charge in [-0.2, -0.15) is 0 Å². The smallest absolute Gasteiger partial charge is 0.408 e. The minimum Gasteiger partial charge on any atom is -0.445 e. The first-order valence-corrected chi connectivity index (χ1v) is 10.6. The molecule has 2 amide bonds. The van der Waals surface area contributed by atoms with Crippen molar-refractivity contribution in [1.82, 2.24) is 10.6 Å². The fourth-order valence-electron chi connectivity index (χ4n) is 3.44. The van der Waals surface area contributed by atoms with E-state index in [1.807, 2.05) is 74.5 Å². The third kappa shape index (κ3) is 5.62. The summed E-state index contributed by atoms with van der Waals surface area (Å²) in [6.45, 7) is 5.30. The minimum atomic E-state index is -1.14. The number of ether oxygens (including phenoxy) is 1. The van der Waals surface area contributed by atoms with Gasteiger partial charge in [-0.3, -0.25) is 9.59 Å². The van der Waals surface area contributed by atoms with Crippen molar-refractivity contribution in [2.24, 2.45) is 5.92 Å². The average molecular weight is 437 g/mol. The van der Waals surface area contributed by atoms with Crippen LogP contribution in [0.5, 0.6) is 0 Å². The summed E-state index contributed by atoms with van der Waals surface area (Å²) in [4.78, 5) is 37.0. The van der Waals surface area contributed by atoms with Gasteiger partial charge >= 0.3 is 6.09 Å². The summed E-state index contributed by atoms with van der Waals surface area (Å²) in [5, 5.41) is 16.1.